The molecule has 2 atom stereocenters. The highest BCUT2D eigenvalue weighted by Crippen LogP contribution is 2.19. The van der Waals surface area contributed by atoms with E-state index in [-0.39, 0.29) is 0 Å². The number of hydrogen-bond acceptors (Lipinski definition) is 2. The minimum absolute atomic E-state index is 0.352. The normalized spacial score (nSPS) is 15.8. The van der Waals surface area contributed by atoms with Crippen molar-refractivity contribution in [3.05, 3.63) is 12.3 Å². The Morgan fingerprint density at radius 1 is 0.950 bits per heavy atom. The molecule has 0 aliphatic heterocycles. The maximum Gasteiger partial charge on any atom is 0.361 e. The predicted octanol–water partition coefficient (Wildman–Crippen LogP) is 5.76. The van der Waals surface area contributed by atoms with Crippen LogP contribution in [0.2, 0.25) is 6.55 Å². The molecule has 3 heteroatoms. The molecule has 2 unspecified atom stereocenters. The molecule has 0 saturated heterocycles. The van der Waals surface area contributed by atoms with E-state index in [0.717, 1.165) is 25.9 Å². The van der Waals surface area contributed by atoms with E-state index in [1.807, 2.05) is 5.70 Å². The molecule has 2 nitrogen and oxygen atoms in total. The lowest BCUT2D eigenvalue weighted by Crippen LogP contribution is -2.41. The highest BCUT2D eigenvalue weighted by Gasteiger charge is 2.30. The lowest BCUT2D eigenvalue weighted by atomic mass is 10.1. The van der Waals surface area contributed by atoms with Crippen molar-refractivity contribution in [3.8, 4) is 0 Å². The second-order valence-corrected chi connectivity index (χ2v) is 8.76. The fourth-order valence-corrected chi connectivity index (χ4v) is 4.02. The summed E-state index contributed by atoms with van der Waals surface area (Å²) in [5, 5.41) is 0. The van der Waals surface area contributed by atoms with Gasteiger partial charge in [-0.1, -0.05) is 59.3 Å². The topological polar surface area (TPSA) is 18.5 Å². The predicted molar refractivity (Wildman–Crippen MR) is 91.2 cm³/mol. The summed E-state index contributed by atoms with van der Waals surface area (Å²) in [6.07, 6.45) is 11.2. The third kappa shape index (κ3) is 9.73. The van der Waals surface area contributed by atoms with Crippen molar-refractivity contribution < 1.29 is 8.85 Å². The molecule has 0 amide bonds. The van der Waals surface area contributed by atoms with Crippen LogP contribution in [0, 0.1) is 0 Å². The Balaban J connectivity index is 4.18. The first-order valence-corrected chi connectivity index (χ1v) is 11.0. The van der Waals surface area contributed by atoms with E-state index in [9.17, 15) is 0 Å². The molecule has 0 aromatic heterocycles. The van der Waals surface area contributed by atoms with Gasteiger partial charge < -0.3 is 8.85 Å². The molecule has 0 fully saturated rings. The number of rotatable bonds is 14. The zero-order chi connectivity index (χ0) is 15.3. The first kappa shape index (κ1) is 19.9. The van der Waals surface area contributed by atoms with Crippen LogP contribution in [-0.4, -0.2) is 21.3 Å². The van der Waals surface area contributed by atoms with Crippen LogP contribution in [-0.2, 0) is 8.85 Å². The van der Waals surface area contributed by atoms with Crippen LogP contribution in [0.15, 0.2) is 12.3 Å². The molecular formula is C17H36O2Si. The van der Waals surface area contributed by atoms with Crippen LogP contribution in [0.5, 0.6) is 0 Å². The van der Waals surface area contributed by atoms with Gasteiger partial charge >= 0.3 is 8.56 Å². The lowest BCUT2D eigenvalue weighted by Gasteiger charge is -2.29. The van der Waals surface area contributed by atoms with Gasteiger partial charge in [0.05, 0.1) is 0 Å². The summed E-state index contributed by atoms with van der Waals surface area (Å²) in [6, 6.07) is 0. The number of unbranched alkanes of at least 4 members (excludes halogenated alkanes) is 4. The van der Waals surface area contributed by atoms with Crippen LogP contribution < -0.4 is 0 Å². The fourth-order valence-electron chi connectivity index (χ4n) is 2.29. The molecule has 0 aliphatic carbocycles. The molecule has 0 aromatic carbocycles. The quantitative estimate of drug-likeness (QED) is 0.300. The zero-order valence-electron chi connectivity index (χ0n) is 14.2. The van der Waals surface area contributed by atoms with Crippen molar-refractivity contribution in [1.82, 2.24) is 0 Å². The Morgan fingerprint density at radius 2 is 1.65 bits per heavy atom. The molecule has 0 aliphatic rings. The molecule has 0 aromatic rings. The molecular weight excluding hydrogens is 264 g/mol. The summed E-state index contributed by atoms with van der Waals surface area (Å²) in [5.41, 5.74) is 1.95. The van der Waals surface area contributed by atoms with Gasteiger partial charge in [-0.2, -0.15) is 0 Å². The Labute approximate surface area is 128 Å². The Kier molecular flexibility index (Phi) is 12.5. The van der Waals surface area contributed by atoms with E-state index in [1.54, 1.807) is 0 Å². The van der Waals surface area contributed by atoms with Crippen molar-refractivity contribution in [1.29, 1.82) is 0 Å². The maximum absolute atomic E-state index is 6.33. The van der Waals surface area contributed by atoms with Gasteiger partial charge in [0.1, 0.15) is 0 Å². The molecule has 0 spiro atoms. The Morgan fingerprint density at radius 3 is 2.20 bits per heavy atom. The summed E-state index contributed by atoms with van der Waals surface area (Å²) < 4.78 is 12.4. The SMILES string of the molecule is C=C[Si](C)(OCCCCCC)OC(CCC)CCCC. The molecule has 0 N–H and O–H groups in total. The van der Waals surface area contributed by atoms with Gasteiger partial charge in [0.15, 0.2) is 0 Å². The van der Waals surface area contributed by atoms with Crippen molar-refractivity contribution in [2.45, 2.75) is 91.2 Å². The maximum atomic E-state index is 6.33. The van der Waals surface area contributed by atoms with Crippen molar-refractivity contribution >= 4 is 8.56 Å². The van der Waals surface area contributed by atoms with Crippen LogP contribution >= 0.6 is 0 Å². The van der Waals surface area contributed by atoms with Crippen LogP contribution in [0.4, 0.5) is 0 Å². The average Bonchev–Trinajstić information content (AvgIpc) is 2.45. The first-order chi connectivity index (χ1) is 9.61. The monoisotopic (exact) mass is 300 g/mol. The summed E-state index contributed by atoms with van der Waals surface area (Å²) in [7, 11) is -2.17. The molecule has 0 bridgehead atoms. The van der Waals surface area contributed by atoms with Crippen LogP contribution in [0.25, 0.3) is 0 Å². The Bertz CT molecular complexity index is 233. The minimum Gasteiger partial charge on any atom is -0.391 e. The fraction of sp³-hybridized carbons (Fsp3) is 0.882. The average molecular weight is 301 g/mol. The van der Waals surface area contributed by atoms with Gasteiger partial charge in [-0.15, -0.1) is 6.58 Å². The third-order valence-electron chi connectivity index (χ3n) is 3.65. The van der Waals surface area contributed by atoms with Crippen LogP contribution in [0.3, 0.4) is 0 Å². The van der Waals surface area contributed by atoms with E-state index in [1.165, 1.54) is 38.5 Å². The molecule has 20 heavy (non-hydrogen) atoms. The summed E-state index contributed by atoms with van der Waals surface area (Å²) in [6.45, 7) is 13.6. The molecule has 0 saturated carbocycles. The van der Waals surface area contributed by atoms with Gasteiger partial charge in [-0.25, -0.2) is 0 Å². The van der Waals surface area contributed by atoms with Crippen molar-refractivity contribution in [2.75, 3.05) is 6.61 Å². The second-order valence-electron chi connectivity index (χ2n) is 5.80. The van der Waals surface area contributed by atoms with E-state index in [0.29, 0.717) is 6.10 Å². The molecule has 120 valence electrons. The highest BCUT2D eigenvalue weighted by atomic mass is 28.4. The minimum atomic E-state index is -2.17. The van der Waals surface area contributed by atoms with Gasteiger partial charge in [-0.3, -0.25) is 0 Å². The third-order valence-corrected chi connectivity index (χ3v) is 5.97. The standard InChI is InChI=1S/C17H36O2Si/c1-6-10-12-13-16-18-20(5,9-4)19-17(14-8-3)15-11-7-2/h9,17H,4,6-8,10-16H2,1-3,5H3. The smallest absolute Gasteiger partial charge is 0.361 e. The van der Waals surface area contributed by atoms with Gasteiger partial charge in [0, 0.05) is 12.7 Å². The van der Waals surface area contributed by atoms with E-state index < -0.39 is 8.56 Å². The zero-order valence-corrected chi connectivity index (χ0v) is 15.2. The van der Waals surface area contributed by atoms with E-state index in [2.05, 4.69) is 33.9 Å². The molecule has 0 rings (SSSR count). The summed E-state index contributed by atoms with van der Waals surface area (Å²) in [4.78, 5) is 0. The van der Waals surface area contributed by atoms with E-state index >= 15 is 0 Å². The van der Waals surface area contributed by atoms with Crippen molar-refractivity contribution in [2.24, 2.45) is 0 Å². The molecule has 0 radical (unpaired) electrons. The Hall–Kier alpha value is -0.123. The number of hydrogen-bond donors (Lipinski definition) is 0. The van der Waals surface area contributed by atoms with Crippen molar-refractivity contribution in [3.63, 3.8) is 0 Å². The van der Waals surface area contributed by atoms with E-state index in [4.69, 9.17) is 8.85 Å². The van der Waals surface area contributed by atoms with Crippen LogP contribution in [0.1, 0.15) is 78.6 Å². The largest absolute Gasteiger partial charge is 0.391 e. The summed E-state index contributed by atoms with van der Waals surface area (Å²) >= 11 is 0. The summed E-state index contributed by atoms with van der Waals surface area (Å²) in [5.74, 6) is 0. The molecule has 0 heterocycles. The lowest BCUT2D eigenvalue weighted by molar-refractivity contribution is 0.108. The van der Waals surface area contributed by atoms with Gasteiger partial charge in [-0.05, 0) is 31.5 Å². The highest BCUT2D eigenvalue weighted by molar-refractivity contribution is 6.71. The second kappa shape index (κ2) is 12.6. The first-order valence-electron chi connectivity index (χ1n) is 8.57. The van der Waals surface area contributed by atoms with Gasteiger partial charge in [0.25, 0.3) is 0 Å². The van der Waals surface area contributed by atoms with Gasteiger partial charge in [0.2, 0.25) is 0 Å².